The van der Waals surface area contributed by atoms with Crippen molar-refractivity contribution in [3.63, 3.8) is 0 Å². The van der Waals surface area contributed by atoms with Gasteiger partial charge in [-0.25, -0.2) is 4.79 Å². The van der Waals surface area contributed by atoms with Crippen LogP contribution in [0, 0.1) is 16.7 Å². The number of urea groups is 1. The van der Waals surface area contributed by atoms with Gasteiger partial charge in [-0.2, -0.15) is 0 Å². The molecule has 3 aliphatic rings. The summed E-state index contributed by atoms with van der Waals surface area (Å²) in [4.78, 5) is 30.2. The Morgan fingerprint density at radius 3 is 2.40 bits per heavy atom. The number of hydrogen-bond acceptors (Lipinski definition) is 3. The molecule has 6 nitrogen and oxygen atoms in total. The third kappa shape index (κ3) is 3.70. The normalized spacial score (nSPS) is 26.0. The van der Waals surface area contributed by atoms with E-state index in [1.165, 1.54) is 5.56 Å². The third-order valence-corrected chi connectivity index (χ3v) is 7.55. The predicted octanol–water partition coefficient (Wildman–Crippen LogP) is 3.34. The molecular formula is C24H36N4O2. The first kappa shape index (κ1) is 21.2. The van der Waals surface area contributed by atoms with Crippen molar-refractivity contribution in [2.45, 2.75) is 46.5 Å². The van der Waals surface area contributed by atoms with Gasteiger partial charge in [-0.05, 0) is 49.3 Å². The zero-order chi connectivity index (χ0) is 21.4. The van der Waals surface area contributed by atoms with Gasteiger partial charge in [-0.3, -0.25) is 4.79 Å². The van der Waals surface area contributed by atoms with Crippen LogP contribution in [0.25, 0.3) is 0 Å². The van der Waals surface area contributed by atoms with Crippen molar-refractivity contribution >= 4 is 17.6 Å². The lowest BCUT2D eigenvalue weighted by atomic mass is 9.60. The molecule has 3 heterocycles. The van der Waals surface area contributed by atoms with Crippen molar-refractivity contribution in [2.24, 2.45) is 16.7 Å². The molecule has 3 fully saturated rings. The van der Waals surface area contributed by atoms with Gasteiger partial charge in [0, 0.05) is 50.4 Å². The monoisotopic (exact) mass is 412 g/mol. The molecule has 3 amide bonds. The number of likely N-dealkylation sites (tertiary alicyclic amines) is 2. The number of amides is 3. The number of piperidine rings is 1. The second kappa shape index (κ2) is 8.22. The molecule has 0 aromatic heterocycles. The molecule has 0 aliphatic carbocycles. The molecule has 6 heteroatoms. The average molecular weight is 413 g/mol. The summed E-state index contributed by atoms with van der Waals surface area (Å²) in [6.45, 7) is 11.7. The Balaban J connectivity index is 1.43. The molecule has 0 saturated carbocycles. The summed E-state index contributed by atoms with van der Waals surface area (Å²) in [5.41, 5.74) is 1.82. The van der Waals surface area contributed by atoms with E-state index in [-0.39, 0.29) is 22.8 Å². The maximum atomic E-state index is 13.0. The molecule has 0 radical (unpaired) electrons. The van der Waals surface area contributed by atoms with Crippen LogP contribution in [0.3, 0.4) is 0 Å². The van der Waals surface area contributed by atoms with Gasteiger partial charge in [-0.1, -0.05) is 32.9 Å². The largest absolute Gasteiger partial charge is 0.356 e. The highest BCUT2D eigenvalue weighted by molar-refractivity contribution is 5.89. The zero-order valence-corrected chi connectivity index (χ0v) is 18.7. The van der Waals surface area contributed by atoms with Crippen LogP contribution in [0.2, 0.25) is 0 Å². The van der Waals surface area contributed by atoms with Crippen LogP contribution in [-0.4, -0.2) is 61.0 Å². The summed E-state index contributed by atoms with van der Waals surface area (Å²) in [6.07, 6.45) is 3.72. The minimum absolute atomic E-state index is 0.0119. The van der Waals surface area contributed by atoms with Crippen molar-refractivity contribution in [3.8, 4) is 0 Å². The van der Waals surface area contributed by atoms with Crippen LogP contribution in [0.1, 0.15) is 45.6 Å². The standard InChI is InChI=1S/C24H36N4O2/c1-4-19-5-7-20(8-6-19)26-22(30)28-13-10-23(11-14-28)16-27(15-18(2)3)17-24(23)9-12-25-21(24)29/h5-8,18H,4,9-17H2,1-3H3,(H,25,29)(H,26,30). The zero-order valence-electron chi connectivity index (χ0n) is 18.7. The molecule has 164 valence electrons. The summed E-state index contributed by atoms with van der Waals surface area (Å²) in [5.74, 6) is 0.828. The molecule has 4 rings (SSSR count). The topological polar surface area (TPSA) is 64.7 Å². The highest BCUT2D eigenvalue weighted by Gasteiger charge is 2.63. The van der Waals surface area contributed by atoms with E-state index in [2.05, 4.69) is 48.4 Å². The molecule has 3 aliphatic heterocycles. The fourth-order valence-corrected chi connectivity index (χ4v) is 5.96. The van der Waals surface area contributed by atoms with Crippen molar-refractivity contribution in [2.75, 3.05) is 44.6 Å². The minimum atomic E-state index is -0.277. The van der Waals surface area contributed by atoms with Crippen LogP contribution >= 0.6 is 0 Å². The second-order valence-electron chi connectivity index (χ2n) is 9.90. The number of benzene rings is 1. The molecule has 1 unspecified atom stereocenters. The van der Waals surface area contributed by atoms with Crippen molar-refractivity contribution < 1.29 is 9.59 Å². The first-order chi connectivity index (χ1) is 14.4. The predicted molar refractivity (Wildman–Crippen MR) is 119 cm³/mol. The number of rotatable bonds is 4. The van der Waals surface area contributed by atoms with Crippen LogP contribution in [0.5, 0.6) is 0 Å². The van der Waals surface area contributed by atoms with E-state index < -0.39 is 0 Å². The SMILES string of the molecule is CCc1ccc(NC(=O)N2CCC3(CC2)CN(CC(C)C)CC32CCNC2=O)cc1. The van der Waals surface area contributed by atoms with Gasteiger partial charge in [0.2, 0.25) is 5.91 Å². The summed E-state index contributed by atoms with van der Waals surface area (Å²) in [5, 5.41) is 6.16. The van der Waals surface area contributed by atoms with Crippen LogP contribution in [0.4, 0.5) is 10.5 Å². The Bertz CT molecular complexity index is 783. The van der Waals surface area contributed by atoms with Crippen molar-refractivity contribution in [1.29, 1.82) is 0 Å². The molecule has 2 spiro atoms. The summed E-state index contributed by atoms with van der Waals surface area (Å²) in [6, 6.07) is 8.04. The molecule has 2 N–H and O–H groups in total. The lowest BCUT2D eigenvalue weighted by molar-refractivity contribution is -0.133. The van der Waals surface area contributed by atoms with Gasteiger partial charge in [-0.15, -0.1) is 0 Å². The lowest BCUT2D eigenvalue weighted by Crippen LogP contribution is -2.53. The van der Waals surface area contributed by atoms with Gasteiger partial charge in [0.1, 0.15) is 0 Å². The van der Waals surface area contributed by atoms with Crippen molar-refractivity contribution in [3.05, 3.63) is 29.8 Å². The maximum absolute atomic E-state index is 13.0. The van der Waals surface area contributed by atoms with E-state index in [1.54, 1.807) is 0 Å². The van der Waals surface area contributed by atoms with Gasteiger partial charge in [0.15, 0.2) is 0 Å². The molecule has 0 bridgehead atoms. The molecule has 1 atom stereocenters. The van der Waals surface area contributed by atoms with E-state index in [4.69, 9.17) is 0 Å². The fraction of sp³-hybridized carbons (Fsp3) is 0.667. The number of carbonyl (C=O) groups excluding carboxylic acids is 2. The number of fused-ring (bicyclic) bond motifs is 1. The van der Waals surface area contributed by atoms with E-state index in [0.29, 0.717) is 19.0 Å². The molecule has 3 saturated heterocycles. The number of nitrogens with zero attached hydrogens (tertiary/aromatic N) is 2. The average Bonchev–Trinajstić information content (AvgIpc) is 3.23. The van der Waals surface area contributed by atoms with Gasteiger partial charge >= 0.3 is 6.03 Å². The Morgan fingerprint density at radius 1 is 1.13 bits per heavy atom. The van der Waals surface area contributed by atoms with Crippen LogP contribution in [-0.2, 0) is 11.2 Å². The van der Waals surface area contributed by atoms with E-state index in [9.17, 15) is 9.59 Å². The number of aryl methyl sites for hydroxylation is 1. The summed E-state index contributed by atoms with van der Waals surface area (Å²) >= 11 is 0. The Morgan fingerprint density at radius 2 is 1.83 bits per heavy atom. The molecule has 1 aromatic carbocycles. The number of hydrogen-bond donors (Lipinski definition) is 2. The van der Waals surface area contributed by atoms with Crippen LogP contribution < -0.4 is 10.6 Å². The quantitative estimate of drug-likeness (QED) is 0.797. The number of carbonyl (C=O) groups is 2. The van der Waals surface area contributed by atoms with Gasteiger partial charge < -0.3 is 20.4 Å². The smallest absolute Gasteiger partial charge is 0.321 e. The number of anilines is 1. The Kier molecular flexibility index (Phi) is 5.80. The number of nitrogens with one attached hydrogen (secondary N) is 2. The van der Waals surface area contributed by atoms with Gasteiger partial charge in [0.05, 0.1) is 5.41 Å². The molecule has 30 heavy (non-hydrogen) atoms. The first-order valence-corrected chi connectivity index (χ1v) is 11.5. The first-order valence-electron chi connectivity index (χ1n) is 11.5. The van der Waals surface area contributed by atoms with E-state index >= 15 is 0 Å². The molecular weight excluding hydrogens is 376 g/mol. The Labute approximate surface area is 180 Å². The molecule has 1 aromatic rings. The van der Waals surface area contributed by atoms with Crippen LogP contribution in [0.15, 0.2) is 24.3 Å². The summed E-state index contributed by atoms with van der Waals surface area (Å²) in [7, 11) is 0. The highest BCUT2D eigenvalue weighted by atomic mass is 16.2. The second-order valence-corrected chi connectivity index (χ2v) is 9.90. The lowest BCUT2D eigenvalue weighted by Gasteiger charge is -2.46. The summed E-state index contributed by atoms with van der Waals surface area (Å²) < 4.78 is 0. The Hall–Kier alpha value is -2.08. The van der Waals surface area contributed by atoms with Gasteiger partial charge in [0.25, 0.3) is 0 Å². The maximum Gasteiger partial charge on any atom is 0.321 e. The third-order valence-electron chi connectivity index (χ3n) is 7.55. The van der Waals surface area contributed by atoms with E-state index in [1.807, 2.05) is 17.0 Å². The van der Waals surface area contributed by atoms with E-state index in [0.717, 1.165) is 57.5 Å². The highest BCUT2D eigenvalue weighted by Crippen LogP contribution is 2.56. The van der Waals surface area contributed by atoms with Crippen molar-refractivity contribution in [1.82, 2.24) is 15.1 Å². The minimum Gasteiger partial charge on any atom is -0.356 e. The fourth-order valence-electron chi connectivity index (χ4n) is 5.96.